The summed E-state index contributed by atoms with van der Waals surface area (Å²) in [4.78, 5) is 15.2. The molecule has 6 heteroatoms. The lowest BCUT2D eigenvalue weighted by Gasteiger charge is -2.26. The molecule has 0 radical (unpaired) electrons. The van der Waals surface area contributed by atoms with Gasteiger partial charge in [-0.1, -0.05) is 41.9 Å². The van der Waals surface area contributed by atoms with E-state index >= 15 is 0 Å². The van der Waals surface area contributed by atoms with E-state index in [2.05, 4.69) is 39.2 Å². The van der Waals surface area contributed by atoms with E-state index < -0.39 is 0 Å². The van der Waals surface area contributed by atoms with Gasteiger partial charge in [0.1, 0.15) is 0 Å². The maximum atomic E-state index is 12.9. The summed E-state index contributed by atoms with van der Waals surface area (Å²) in [6.07, 6.45) is 2.52. The Labute approximate surface area is 182 Å². The molecule has 0 bridgehead atoms. The summed E-state index contributed by atoms with van der Waals surface area (Å²) < 4.78 is 7.51. The Hall–Kier alpha value is -2.34. The number of nitrogens with zero attached hydrogens (tertiary/aromatic N) is 2. The molecule has 0 aliphatic carbocycles. The number of hydrogen-bond donors (Lipinski definition) is 1. The Bertz CT molecular complexity index is 1010. The van der Waals surface area contributed by atoms with E-state index in [1.807, 2.05) is 37.4 Å². The minimum atomic E-state index is -0.0572. The summed E-state index contributed by atoms with van der Waals surface area (Å²) in [7, 11) is 2.04. The first kappa shape index (κ1) is 20.9. The zero-order valence-corrected chi connectivity index (χ0v) is 18.1. The van der Waals surface area contributed by atoms with Crippen LogP contribution in [0.5, 0.6) is 0 Å². The predicted molar refractivity (Wildman–Crippen MR) is 121 cm³/mol. The molecular formula is C24H28ClN3O2. The molecule has 1 aliphatic heterocycles. The van der Waals surface area contributed by atoms with Gasteiger partial charge in [-0.2, -0.15) is 0 Å². The molecule has 0 saturated carbocycles. The molecular weight excluding hydrogens is 398 g/mol. The standard InChI is InChI=1S/C24H28ClN3O2/c1-27-17-22(20-7-2-3-8-23(20)27)21(18-5-4-6-19(25)15-18)16-24(29)26-9-10-28-11-13-30-14-12-28/h2-8,15,17,21H,9-14,16H2,1H3,(H,26,29). The van der Waals surface area contributed by atoms with Crippen LogP contribution in [-0.4, -0.2) is 54.8 Å². The van der Waals surface area contributed by atoms with Gasteiger partial charge in [0.15, 0.2) is 0 Å². The van der Waals surface area contributed by atoms with E-state index in [1.54, 1.807) is 0 Å². The summed E-state index contributed by atoms with van der Waals surface area (Å²) in [6, 6.07) is 16.2. The van der Waals surface area contributed by atoms with Crippen molar-refractivity contribution in [2.45, 2.75) is 12.3 Å². The Kier molecular flexibility index (Phi) is 6.72. The number of aryl methyl sites for hydroxylation is 1. The smallest absolute Gasteiger partial charge is 0.220 e. The SMILES string of the molecule is Cn1cc(C(CC(=O)NCCN2CCOCC2)c2cccc(Cl)c2)c2ccccc21. The average Bonchev–Trinajstić information content (AvgIpc) is 3.09. The van der Waals surface area contributed by atoms with Crippen molar-refractivity contribution in [1.82, 2.24) is 14.8 Å². The van der Waals surface area contributed by atoms with Crippen LogP contribution in [0.4, 0.5) is 0 Å². The molecule has 2 heterocycles. The lowest BCUT2D eigenvalue weighted by molar-refractivity contribution is -0.121. The van der Waals surface area contributed by atoms with Crippen LogP contribution in [0.15, 0.2) is 54.7 Å². The summed E-state index contributed by atoms with van der Waals surface area (Å²) in [6.45, 7) is 4.90. The number of morpholine rings is 1. The lowest BCUT2D eigenvalue weighted by atomic mass is 9.88. The highest BCUT2D eigenvalue weighted by Crippen LogP contribution is 2.35. The highest BCUT2D eigenvalue weighted by Gasteiger charge is 2.22. The molecule has 4 rings (SSSR count). The fourth-order valence-corrected chi connectivity index (χ4v) is 4.42. The minimum Gasteiger partial charge on any atom is -0.379 e. The van der Waals surface area contributed by atoms with Crippen LogP contribution in [0.2, 0.25) is 5.02 Å². The largest absolute Gasteiger partial charge is 0.379 e. The number of halogens is 1. The highest BCUT2D eigenvalue weighted by atomic mass is 35.5. The zero-order chi connectivity index (χ0) is 20.9. The maximum absolute atomic E-state index is 12.9. The Morgan fingerprint density at radius 2 is 1.97 bits per heavy atom. The molecule has 1 aliphatic rings. The van der Waals surface area contributed by atoms with Gasteiger partial charge in [0, 0.05) is 67.7 Å². The van der Waals surface area contributed by atoms with Crippen molar-refractivity contribution < 1.29 is 9.53 Å². The third-order valence-corrected chi connectivity index (χ3v) is 6.03. The van der Waals surface area contributed by atoms with Gasteiger partial charge in [-0.05, 0) is 29.3 Å². The highest BCUT2D eigenvalue weighted by molar-refractivity contribution is 6.30. The van der Waals surface area contributed by atoms with Gasteiger partial charge >= 0.3 is 0 Å². The Balaban J connectivity index is 1.53. The quantitative estimate of drug-likeness (QED) is 0.626. The maximum Gasteiger partial charge on any atom is 0.220 e. The second kappa shape index (κ2) is 9.65. The summed E-state index contributed by atoms with van der Waals surface area (Å²) in [5.74, 6) is -0.000596. The molecule has 3 aromatic rings. The van der Waals surface area contributed by atoms with Crippen LogP contribution in [0.25, 0.3) is 10.9 Å². The number of para-hydroxylation sites is 1. The van der Waals surface area contributed by atoms with Crippen LogP contribution in [0.1, 0.15) is 23.5 Å². The summed E-state index contributed by atoms with van der Waals surface area (Å²) in [5, 5.41) is 4.97. The molecule has 2 aromatic carbocycles. The number of fused-ring (bicyclic) bond motifs is 1. The van der Waals surface area contributed by atoms with Crippen molar-refractivity contribution in [3.05, 3.63) is 70.9 Å². The minimum absolute atomic E-state index is 0.0566. The van der Waals surface area contributed by atoms with Crippen LogP contribution < -0.4 is 5.32 Å². The molecule has 1 N–H and O–H groups in total. The molecule has 0 spiro atoms. The zero-order valence-electron chi connectivity index (χ0n) is 17.3. The van der Waals surface area contributed by atoms with Crippen molar-refractivity contribution in [2.24, 2.45) is 7.05 Å². The number of hydrogen-bond acceptors (Lipinski definition) is 3. The van der Waals surface area contributed by atoms with Gasteiger partial charge in [0.2, 0.25) is 5.91 Å². The van der Waals surface area contributed by atoms with Crippen LogP contribution >= 0.6 is 11.6 Å². The van der Waals surface area contributed by atoms with E-state index in [9.17, 15) is 4.79 Å². The van der Waals surface area contributed by atoms with Crippen LogP contribution in [0, 0.1) is 0 Å². The molecule has 1 saturated heterocycles. The van der Waals surface area contributed by atoms with Gasteiger partial charge < -0.3 is 14.6 Å². The lowest BCUT2D eigenvalue weighted by Crippen LogP contribution is -2.41. The number of benzene rings is 2. The topological polar surface area (TPSA) is 46.5 Å². The van der Waals surface area contributed by atoms with Crippen LogP contribution in [0.3, 0.4) is 0 Å². The molecule has 1 amide bonds. The van der Waals surface area contributed by atoms with Gasteiger partial charge in [-0.3, -0.25) is 9.69 Å². The number of aromatic nitrogens is 1. The normalized spacial score (nSPS) is 15.9. The second-order valence-electron chi connectivity index (χ2n) is 7.83. The first-order valence-electron chi connectivity index (χ1n) is 10.5. The molecule has 1 fully saturated rings. The Morgan fingerprint density at radius 3 is 2.77 bits per heavy atom. The molecule has 1 atom stereocenters. The van der Waals surface area contributed by atoms with E-state index in [1.165, 1.54) is 5.39 Å². The van der Waals surface area contributed by atoms with Gasteiger partial charge in [-0.15, -0.1) is 0 Å². The van der Waals surface area contributed by atoms with Crippen molar-refractivity contribution in [2.75, 3.05) is 39.4 Å². The van der Waals surface area contributed by atoms with Crippen molar-refractivity contribution in [3.8, 4) is 0 Å². The summed E-state index contributed by atoms with van der Waals surface area (Å²) in [5.41, 5.74) is 3.37. The van der Waals surface area contributed by atoms with Crippen molar-refractivity contribution in [3.63, 3.8) is 0 Å². The van der Waals surface area contributed by atoms with Gasteiger partial charge in [0.25, 0.3) is 0 Å². The average molecular weight is 426 g/mol. The van der Waals surface area contributed by atoms with E-state index in [0.29, 0.717) is 18.0 Å². The Morgan fingerprint density at radius 1 is 1.17 bits per heavy atom. The number of carbonyl (C=O) groups is 1. The number of carbonyl (C=O) groups excluding carboxylic acids is 1. The number of amides is 1. The van der Waals surface area contributed by atoms with E-state index in [4.69, 9.17) is 16.3 Å². The van der Waals surface area contributed by atoms with E-state index in [-0.39, 0.29) is 11.8 Å². The van der Waals surface area contributed by atoms with Gasteiger partial charge in [-0.25, -0.2) is 0 Å². The molecule has 1 aromatic heterocycles. The van der Waals surface area contributed by atoms with Crippen molar-refractivity contribution >= 4 is 28.4 Å². The number of rotatable bonds is 7. The van der Waals surface area contributed by atoms with Crippen molar-refractivity contribution in [1.29, 1.82) is 0 Å². The fraction of sp³-hybridized carbons (Fsp3) is 0.375. The monoisotopic (exact) mass is 425 g/mol. The number of ether oxygens (including phenoxy) is 1. The van der Waals surface area contributed by atoms with E-state index in [0.717, 1.165) is 49.5 Å². The molecule has 1 unspecified atom stereocenters. The first-order valence-corrected chi connectivity index (χ1v) is 10.9. The molecule has 5 nitrogen and oxygen atoms in total. The molecule has 30 heavy (non-hydrogen) atoms. The fourth-order valence-electron chi connectivity index (χ4n) is 4.22. The summed E-state index contributed by atoms with van der Waals surface area (Å²) >= 11 is 6.28. The first-order chi connectivity index (χ1) is 14.6. The number of nitrogens with one attached hydrogen (secondary N) is 1. The van der Waals surface area contributed by atoms with Crippen LogP contribution in [-0.2, 0) is 16.6 Å². The third-order valence-electron chi connectivity index (χ3n) is 5.80. The third kappa shape index (κ3) is 4.86. The molecule has 158 valence electrons. The van der Waals surface area contributed by atoms with Gasteiger partial charge in [0.05, 0.1) is 13.2 Å². The second-order valence-corrected chi connectivity index (χ2v) is 8.26. The predicted octanol–water partition coefficient (Wildman–Crippen LogP) is 3.80.